The van der Waals surface area contributed by atoms with Crippen LogP contribution in [0.5, 0.6) is 0 Å². The van der Waals surface area contributed by atoms with E-state index in [9.17, 15) is 4.79 Å². The Morgan fingerprint density at radius 3 is 2.80 bits per heavy atom. The summed E-state index contributed by atoms with van der Waals surface area (Å²) in [6, 6.07) is 0. The molecular formula is C10H20N2O3. The van der Waals surface area contributed by atoms with Gasteiger partial charge in [0.15, 0.2) is 0 Å². The topological polar surface area (TPSA) is 84.6 Å². The fourth-order valence-electron chi connectivity index (χ4n) is 1.66. The number of aliphatic hydroxyl groups is 1. The Balaban J connectivity index is 2.07. The highest BCUT2D eigenvalue weighted by Crippen LogP contribution is 2.17. The van der Waals surface area contributed by atoms with Crippen molar-refractivity contribution in [2.45, 2.75) is 25.4 Å². The van der Waals surface area contributed by atoms with Crippen molar-refractivity contribution in [1.29, 1.82) is 0 Å². The summed E-state index contributed by atoms with van der Waals surface area (Å²) in [6.45, 7) is 2.23. The van der Waals surface area contributed by atoms with Gasteiger partial charge in [-0.05, 0) is 25.2 Å². The van der Waals surface area contributed by atoms with E-state index in [1.807, 2.05) is 0 Å². The second-order valence-corrected chi connectivity index (χ2v) is 3.89. The van der Waals surface area contributed by atoms with Crippen molar-refractivity contribution in [3.8, 4) is 0 Å². The quantitative estimate of drug-likeness (QED) is 0.564. The number of carbonyl (C=O) groups excluding carboxylic acids is 1. The maximum Gasteiger partial charge on any atom is 0.250 e. The van der Waals surface area contributed by atoms with Crippen LogP contribution in [0.3, 0.4) is 0 Å². The molecule has 0 spiro atoms. The first-order chi connectivity index (χ1) is 7.24. The summed E-state index contributed by atoms with van der Waals surface area (Å²) >= 11 is 0. The van der Waals surface area contributed by atoms with E-state index in [1.165, 1.54) is 0 Å². The van der Waals surface area contributed by atoms with Crippen LogP contribution >= 0.6 is 0 Å². The highest BCUT2D eigenvalue weighted by molar-refractivity contribution is 5.80. The molecule has 0 aromatic rings. The highest BCUT2D eigenvalue weighted by Gasteiger charge is 2.15. The maximum absolute atomic E-state index is 11.1. The first kappa shape index (κ1) is 12.4. The molecular weight excluding hydrogens is 196 g/mol. The van der Waals surface area contributed by atoms with Gasteiger partial charge >= 0.3 is 0 Å². The van der Waals surface area contributed by atoms with Gasteiger partial charge in [-0.25, -0.2) is 0 Å². The Hall–Kier alpha value is -0.650. The normalized spacial score (nSPS) is 19.9. The summed E-state index contributed by atoms with van der Waals surface area (Å²) in [5.41, 5.74) is 5.16. The third kappa shape index (κ3) is 4.59. The summed E-state index contributed by atoms with van der Waals surface area (Å²) in [5.74, 6) is 0.263. The van der Waals surface area contributed by atoms with Crippen LogP contribution in [-0.4, -0.2) is 43.4 Å². The number of amides is 1. The lowest BCUT2D eigenvalue weighted by molar-refractivity contribution is -0.128. The predicted molar refractivity (Wildman–Crippen MR) is 56.2 cm³/mol. The lowest BCUT2D eigenvalue weighted by atomic mass is 9.97. The average molecular weight is 216 g/mol. The maximum atomic E-state index is 11.1. The molecule has 88 valence electrons. The van der Waals surface area contributed by atoms with Crippen molar-refractivity contribution in [3.63, 3.8) is 0 Å². The number of nitrogens with two attached hydrogens (primary N) is 1. The van der Waals surface area contributed by atoms with E-state index in [2.05, 4.69) is 5.32 Å². The van der Waals surface area contributed by atoms with E-state index in [1.54, 1.807) is 0 Å². The molecule has 1 aliphatic heterocycles. The fourth-order valence-corrected chi connectivity index (χ4v) is 1.66. The zero-order valence-corrected chi connectivity index (χ0v) is 8.95. The molecule has 1 rings (SSSR count). The molecule has 1 heterocycles. The second-order valence-electron chi connectivity index (χ2n) is 3.89. The number of carbonyl (C=O) groups is 1. The number of hydrogen-bond donors (Lipinski definition) is 3. The van der Waals surface area contributed by atoms with E-state index in [0.29, 0.717) is 12.5 Å². The molecule has 1 unspecified atom stereocenters. The number of ether oxygens (including phenoxy) is 1. The summed E-state index contributed by atoms with van der Waals surface area (Å²) in [4.78, 5) is 11.1. The first-order valence-corrected chi connectivity index (χ1v) is 5.47. The molecule has 0 radical (unpaired) electrons. The van der Waals surface area contributed by atoms with E-state index in [-0.39, 0.29) is 12.5 Å². The van der Waals surface area contributed by atoms with Crippen LogP contribution in [0.15, 0.2) is 0 Å². The van der Waals surface area contributed by atoms with Crippen molar-refractivity contribution in [2.24, 2.45) is 11.7 Å². The van der Waals surface area contributed by atoms with Crippen molar-refractivity contribution < 1.29 is 14.6 Å². The number of rotatable bonds is 5. The zero-order valence-electron chi connectivity index (χ0n) is 8.95. The molecule has 5 heteroatoms. The van der Waals surface area contributed by atoms with Crippen LogP contribution in [-0.2, 0) is 9.53 Å². The standard InChI is InChI=1S/C10H20N2O3/c11-7-9(13)10(14)12-4-1-8-2-5-15-6-3-8/h8-9,13H,1-7,11H2,(H,12,14). The number of nitrogens with one attached hydrogen (secondary N) is 1. The van der Waals surface area contributed by atoms with Gasteiger partial charge in [0.25, 0.3) is 0 Å². The molecule has 1 aliphatic rings. The smallest absolute Gasteiger partial charge is 0.250 e. The highest BCUT2D eigenvalue weighted by atomic mass is 16.5. The average Bonchev–Trinajstić information content (AvgIpc) is 2.29. The van der Waals surface area contributed by atoms with Crippen LogP contribution in [0.2, 0.25) is 0 Å². The van der Waals surface area contributed by atoms with Gasteiger partial charge in [0, 0.05) is 26.3 Å². The Bertz CT molecular complexity index is 193. The Morgan fingerprint density at radius 1 is 1.53 bits per heavy atom. The minimum absolute atomic E-state index is 0.0247. The summed E-state index contributed by atoms with van der Waals surface area (Å²) in [7, 11) is 0. The number of aliphatic hydroxyl groups excluding tert-OH is 1. The van der Waals surface area contributed by atoms with Crippen molar-refractivity contribution in [2.75, 3.05) is 26.3 Å². The van der Waals surface area contributed by atoms with Crippen molar-refractivity contribution in [3.05, 3.63) is 0 Å². The third-order valence-electron chi connectivity index (χ3n) is 2.72. The van der Waals surface area contributed by atoms with Crippen LogP contribution in [0.4, 0.5) is 0 Å². The van der Waals surface area contributed by atoms with Crippen molar-refractivity contribution in [1.82, 2.24) is 5.32 Å². The molecule has 1 atom stereocenters. The van der Waals surface area contributed by atoms with Crippen LogP contribution < -0.4 is 11.1 Å². The summed E-state index contributed by atoms with van der Waals surface area (Å²) in [5, 5.41) is 11.8. The van der Waals surface area contributed by atoms with Crippen LogP contribution in [0.25, 0.3) is 0 Å². The molecule has 0 aromatic carbocycles. The summed E-state index contributed by atoms with van der Waals surface area (Å²) in [6.07, 6.45) is 2.01. The van der Waals surface area contributed by atoms with Gasteiger partial charge in [0.1, 0.15) is 6.10 Å². The molecule has 0 aromatic heterocycles. The SMILES string of the molecule is NCC(O)C(=O)NCCC1CCOCC1. The molecule has 0 saturated carbocycles. The molecule has 0 aliphatic carbocycles. The molecule has 15 heavy (non-hydrogen) atoms. The van der Waals surface area contributed by atoms with E-state index >= 15 is 0 Å². The second kappa shape index (κ2) is 6.76. The molecule has 1 saturated heterocycles. The van der Waals surface area contributed by atoms with E-state index in [4.69, 9.17) is 15.6 Å². The Labute approximate surface area is 90.0 Å². The third-order valence-corrected chi connectivity index (χ3v) is 2.72. The van der Waals surface area contributed by atoms with E-state index < -0.39 is 6.10 Å². The number of hydrogen-bond acceptors (Lipinski definition) is 4. The lowest BCUT2D eigenvalue weighted by Crippen LogP contribution is -2.40. The predicted octanol–water partition coefficient (Wildman–Crippen LogP) is -0.761. The molecule has 1 fully saturated rings. The van der Waals surface area contributed by atoms with Gasteiger partial charge in [-0.2, -0.15) is 0 Å². The molecule has 0 bridgehead atoms. The van der Waals surface area contributed by atoms with Gasteiger partial charge in [-0.15, -0.1) is 0 Å². The monoisotopic (exact) mass is 216 g/mol. The van der Waals surface area contributed by atoms with Gasteiger partial charge < -0.3 is 20.9 Å². The minimum Gasteiger partial charge on any atom is -0.382 e. The zero-order chi connectivity index (χ0) is 11.1. The lowest BCUT2D eigenvalue weighted by Gasteiger charge is -2.22. The van der Waals surface area contributed by atoms with E-state index in [0.717, 1.165) is 32.5 Å². The van der Waals surface area contributed by atoms with Gasteiger partial charge in [0.2, 0.25) is 5.91 Å². The Kier molecular flexibility index (Phi) is 5.60. The van der Waals surface area contributed by atoms with Crippen molar-refractivity contribution >= 4 is 5.91 Å². The van der Waals surface area contributed by atoms with Gasteiger partial charge in [-0.1, -0.05) is 0 Å². The largest absolute Gasteiger partial charge is 0.382 e. The van der Waals surface area contributed by atoms with Crippen LogP contribution in [0, 0.1) is 5.92 Å². The van der Waals surface area contributed by atoms with Crippen LogP contribution in [0.1, 0.15) is 19.3 Å². The molecule has 5 nitrogen and oxygen atoms in total. The summed E-state index contributed by atoms with van der Waals surface area (Å²) < 4.78 is 5.24. The van der Waals surface area contributed by atoms with Gasteiger partial charge in [0.05, 0.1) is 0 Å². The fraction of sp³-hybridized carbons (Fsp3) is 0.900. The Morgan fingerprint density at radius 2 is 2.20 bits per heavy atom. The minimum atomic E-state index is -1.07. The van der Waals surface area contributed by atoms with Gasteiger partial charge in [-0.3, -0.25) is 4.79 Å². The molecule has 4 N–H and O–H groups in total. The molecule has 1 amide bonds. The first-order valence-electron chi connectivity index (χ1n) is 5.47.